The highest BCUT2D eigenvalue weighted by Crippen LogP contribution is 2.18. The molecule has 1 fully saturated rings. The standard InChI is InChI=1S/C15H21N3O/c1-15(2)8-12(9-18-15)16-6-5-11-3-4-13-14(7-11)19-10-17-13/h3-4,7,10,12,16,18H,5-6,8-9H2,1-2H3. The van der Waals surface area contributed by atoms with Gasteiger partial charge in [0.25, 0.3) is 0 Å². The largest absolute Gasteiger partial charge is 0.443 e. The molecule has 0 spiro atoms. The summed E-state index contributed by atoms with van der Waals surface area (Å²) in [7, 11) is 0. The Hall–Kier alpha value is -1.39. The summed E-state index contributed by atoms with van der Waals surface area (Å²) in [4.78, 5) is 4.13. The van der Waals surface area contributed by atoms with E-state index in [1.54, 1.807) is 0 Å². The third-order valence-electron chi connectivity index (χ3n) is 3.83. The average Bonchev–Trinajstić information content (AvgIpc) is 2.95. The third-order valence-corrected chi connectivity index (χ3v) is 3.83. The Morgan fingerprint density at radius 1 is 1.47 bits per heavy atom. The molecule has 1 unspecified atom stereocenters. The summed E-state index contributed by atoms with van der Waals surface area (Å²) in [6.07, 6.45) is 3.71. The summed E-state index contributed by atoms with van der Waals surface area (Å²) in [5.41, 5.74) is 3.37. The Kier molecular flexibility index (Phi) is 3.29. The van der Waals surface area contributed by atoms with Gasteiger partial charge in [-0.05, 0) is 50.9 Å². The highest BCUT2D eigenvalue weighted by atomic mass is 16.3. The van der Waals surface area contributed by atoms with Gasteiger partial charge >= 0.3 is 0 Å². The first kappa shape index (κ1) is 12.6. The molecule has 0 aliphatic carbocycles. The summed E-state index contributed by atoms with van der Waals surface area (Å²) < 4.78 is 5.32. The van der Waals surface area contributed by atoms with Gasteiger partial charge in [0, 0.05) is 18.1 Å². The van der Waals surface area contributed by atoms with Crippen LogP contribution in [0.3, 0.4) is 0 Å². The van der Waals surface area contributed by atoms with Crippen molar-refractivity contribution < 1.29 is 4.42 Å². The second-order valence-corrected chi connectivity index (χ2v) is 6.02. The van der Waals surface area contributed by atoms with Gasteiger partial charge in [0.2, 0.25) is 0 Å². The minimum absolute atomic E-state index is 0.274. The van der Waals surface area contributed by atoms with Gasteiger partial charge in [-0.15, -0.1) is 0 Å². The summed E-state index contributed by atoms with van der Waals surface area (Å²) >= 11 is 0. The summed E-state index contributed by atoms with van der Waals surface area (Å²) in [5.74, 6) is 0. The van der Waals surface area contributed by atoms with E-state index >= 15 is 0 Å². The van der Waals surface area contributed by atoms with Crippen molar-refractivity contribution in [2.24, 2.45) is 0 Å². The van der Waals surface area contributed by atoms with Crippen LogP contribution in [-0.2, 0) is 6.42 Å². The predicted molar refractivity (Wildman–Crippen MR) is 76.2 cm³/mol. The lowest BCUT2D eigenvalue weighted by molar-refractivity contribution is 0.443. The molecule has 1 aromatic heterocycles. The van der Waals surface area contributed by atoms with Crippen molar-refractivity contribution in [2.75, 3.05) is 13.1 Å². The fraction of sp³-hybridized carbons (Fsp3) is 0.533. The molecule has 2 heterocycles. The van der Waals surface area contributed by atoms with Crippen molar-refractivity contribution in [3.8, 4) is 0 Å². The number of rotatable bonds is 4. The van der Waals surface area contributed by atoms with E-state index in [9.17, 15) is 0 Å². The van der Waals surface area contributed by atoms with E-state index in [1.165, 1.54) is 18.4 Å². The van der Waals surface area contributed by atoms with Crippen LogP contribution in [0.25, 0.3) is 11.1 Å². The van der Waals surface area contributed by atoms with Crippen LogP contribution < -0.4 is 10.6 Å². The van der Waals surface area contributed by atoms with E-state index in [2.05, 4.69) is 41.6 Å². The first-order valence-corrected chi connectivity index (χ1v) is 6.93. The first-order valence-electron chi connectivity index (χ1n) is 6.93. The number of hydrogen-bond acceptors (Lipinski definition) is 4. The monoisotopic (exact) mass is 259 g/mol. The number of benzene rings is 1. The van der Waals surface area contributed by atoms with Gasteiger partial charge < -0.3 is 15.1 Å². The van der Waals surface area contributed by atoms with Crippen molar-refractivity contribution >= 4 is 11.1 Å². The number of aromatic nitrogens is 1. The average molecular weight is 259 g/mol. The Morgan fingerprint density at radius 3 is 3.16 bits per heavy atom. The van der Waals surface area contributed by atoms with E-state index in [1.807, 2.05) is 6.07 Å². The van der Waals surface area contributed by atoms with Crippen LogP contribution in [0.15, 0.2) is 29.0 Å². The molecular weight excluding hydrogens is 238 g/mol. The zero-order chi connectivity index (χ0) is 13.3. The topological polar surface area (TPSA) is 50.1 Å². The lowest BCUT2D eigenvalue weighted by Crippen LogP contribution is -2.32. The quantitative estimate of drug-likeness (QED) is 0.883. The molecule has 1 aromatic carbocycles. The maximum atomic E-state index is 5.32. The SMILES string of the molecule is CC1(C)CC(NCCc2ccc3ncoc3c2)CN1. The van der Waals surface area contributed by atoms with Crippen LogP contribution in [0, 0.1) is 0 Å². The van der Waals surface area contributed by atoms with Crippen molar-refractivity contribution in [3.63, 3.8) is 0 Å². The number of nitrogens with one attached hydrogen (secondary N) is 2. The van der Waals surface area contributed by atoms with Gasteiger partial charge in [-0.25, -0.2) is 4.98 Å². The van der Waals surface area contributed by atoms with Crippen LogP contribution in [0.5, 0.6) is 0 Å². The van der Waals surface area contributed by atoms with Crippen LogP contribution in [0.4, 0.5) is 0 Å². The van der Waals surface area contributed by atoms with Gasteiger partial charge in [-0.1, -0.05) is 6.07 Å². The number of hydrogen-bond donors (Lipinski definition) is 2. The minimum atomic E-state index is 0.274. The number of fused-ring (bicyclic) bond motifs is 1. The molecule has 2 aromatic rings. The molecular formula is C15H21N3O. The van der Waals surface area contributed by atoms with Crippen molar-refractivity contribution in [1.29, 1.82) is 0 Å². The van der Waals surface area contributed by atoms with Gasteiger partial charge in [0.15, 0.2) is 12.0 Å². The van der Waals surface area contributed by atoms with Crippen molar-refractivity contribution in [3.05, 3.63) is 30.2 Å². The van der Waals surface area contributed by atoms with E-state index in [-0.39, 0.29) is 5.54 Å². The van der Waals surface area contributed by atoms with Crippen molar-refractivity contribution in [1.82, 2.24) is 15.6 Å². The zero-order valence-corrected chi connectivity index (χ0v) is 11.6. The second-order valence-electron chi connectivity index (χ2n) is 6.02. The second kappa shape index (κ2) is 4.94. The predicted octanol–water partition coefficient (Wildman–Crippen LogP) is 2.10. The van der Waals surface area contributed by atoms with Crippen LogP contribution in [0.2, 0.25) is 0 Å². The minimum Gasteiger partial charge on any atom is -0.443 e. The lowest BCUT2D eigenvalue weighted by Gasteiger charge is -2.17. The van der Waals surface area contributed by atoms with Gasteiger partial charge in [0.1, 0.15) is 5.52 Å². The Bertz CT molecular complexity index is 561. The van der Waals surface area contributed by atoms with E-state index in [4.69, 9.17) is 4.42 Å². The molecule has 0 amide bonds. The molecule has 0 radical (unpaired) electrons. The molecule has 4 nitrogen and oxygen atoms in total. The molecule has 102 valence electrons. The molecule has 0 bridgehead atoms. The molecule has 0 saturated carbocycles. The normalized spacial score (nSPS) is 22.1. The highest BCUT2D eigenvalue weighted by Gasteiger charge is 2.29. The van der Waals surface area contributed by atoms with Crippen molar-refractivity contribution in [2.45, 2.75) is 38.3 Å². The maximum absolute atomic E-state index is 5.32. The fourth-order valence-corrected chi connectivity index (χ4v) is 2.78. The molecule has 1 atom stereocenters. The lowest BCUT2D eigenvalue weighted by atomic mass is 10.0. The maximum Gasteiger partial charge on any atom is 0.181 e. The van der Waals surface area contributed by atoms with Crippen LogP contribution >= 0.6 is 0 Å². The third kappa shape index (κ3) is 2.96. The van der Waals surface area contributed by atoms with Crippen LogP contribution in [-0.4, -0.2) is 29.7 Å². The molecule has 1 aliphatic heterocycles. The Morgan fingerprint density at radius 2 is 2.37 bits per heavy atom. The zero-order valence-electron chi connectivity index (χ0n) is 11.6. The number of oxazole rings is 1. The fourth-order valence-electron chi connectivity index (χ4n) is 2.78. The van der Waals surface area contributed by atoms with E-state index in [0.29, 0.717) is 6.04 Å². The Labute approximate surface area is 113 Å². The van der Waals surface area contributed by atoms with E-state index < -0.39 is 0 Å². The molecule has 1 aliphatic rings. The molecule has 19 heavy (non-hydrogen) atoms. The Balaban J connectivity index is 1.52. The smallest absolute Gasteiger partial charge is 0.181 e. The molecule has 4 heteroatoms. The van der Waals surface area contributed by atoms with E-state index in [0.717, 1.165) is 30.6 Å². The molecule has 1 saturated heterocycles. The van der Waals surface area contributed by atoms with Gasteiger partial charge in [-0.3, -0.25) is 0 Å². The van der Waals surface area contributed by atoms with Gasteiger partial charge in [-0.2, -0.15) is 0 Å². The highest BCUT2D eigenvalue weighted by molar-refractivity contribution is 5.72. The number of nitrogens with zero attached hydrogens (tertiary/aromatic N) is 1. The summed E-state index contributed by atoms with van der Waals surface area (Å²) in [6.45, 7) is 6.58. The first-order chi connectivity index (χ1) is 9.12. The summed E-state index contributed by atoms with van der Waals surface area (Å²) in [6, 6.07) is 6.82. The van der Waals surface area contributed by atoms with Gasteiger partial charge in [0.05, 0.1) is 0 Å². The molecule has 3 rings (SSSR count). The summed E-state index contributed by atoms with van der Waals surface area (Å²) in [5, 5.41) is 7.15. The van der Waals surface area contributed by atoms with Crippen LogP contribution in [0.1, 0.15) is 25.8 Å². The molecule has 2 N–H and O–H groups in total.